The fourth-order valence-corrected chi connectivity index (χ4v) is 5.21. The summed E-state index contributed by atoms with van der Waals surface area (Å²) in [4.78, 5) is 18.0. The molecular formula is C18H33Cl2N3O2. The van der Waals surface area contributed by atoms with Crippen molar-refractivity contribution in [1.82, 2.24) is 15.1 Å². The minimum Gasteiger partial charge on any atom is -0.381 e. The Bertz CT molecular complexity index is 440. The first-order chi connectivity index (χ1) is 11.3. The van der Waals surface area contributed by atoms with E-state index in [1.807, 2.05) is 0 Å². The van der Waals surface area contributed by atoms with Crippen molar-refractivity contribution in [2.75, 3.05) is 59.0 Å². The summed E-state index contributed by atoms with van der Waals surface area (Å²) >= 11 is 0. The van der Waals surface area contributed by atoms with E-state index in [2.05, 4.69) is 15.1 Å². The summed E-state index contributed by atoms with van der Waals surface area (Å²) in [5.41, 5.74) is -0.0697. The number of carbonyl (C=O) groups excluding carboxylic acids is 1. The fraction of sp³-hybridized carbons (Fsp3) is 0.944. The quantitative estimate of drug-likeness (QED) is 0.793. The van der Waals surface area contributed by atoms with E-state index in [1.165, 1.54) is 25.7 Å². The third-order valence-electron chi connectivity index (χ3n) is 6.66. The van der Waals surface area contributed by atoms with Crippen LogP contribution in [0.5, 0.6) is 0 Å². The van der Waals surface area contributed by atoms with E-state index >= 15 is 0 Å². The highest BCUT2D eigenvalue weighted by atomic mass is 35.5. The highest BCUT2D eigenvalue weighted by Gasteiger charge is 2.51. The molecule has 4 fully saturated rings. The van der Waals surface area contributed by atoms with Crippen LogP contribution in [-0.4, -0.2) is 74.7 Å². The first-order valence-electron chi connectivity index (χ1n) is 9.58. The smallest absolute Gasteiger partial charge is 0.230 e. The molecule has 0 aromatic heterocycles. The summed E-state index contributed by atoms with van der Waals surface area (Å²) in [6.45, 7) is 8.88. The molecule has 25 heavy (non-hydrogen) atoms. The second-order valence-corrected chi connectivity index (χ2v) is 8.05. The zero-order valence-corrected chi connectivity index (χ0v) is 16.7. The molecule has 1 unspecified atom stereocenters. The molecule has 5 nitrogen and oxygen atoms in total. The van der Waals surface area contributed by atoms with Gasteiger partial charge in [0.2, 0.25) is 5.91 Å². The maximum atomic E-state index is 13.3. The van der Waals surface area contributed by atoms with Gasteiger partial charge in [0.15, 0.2) is 0 Å². The molecule has 1 amide bonds. The first-order valence-corrected chi connectivity index (χ1v) is 9.58. The Hall–Kier alpha value is -0.0700. The topological polar surface area (TPSA) is 44.8 Å². The highest BCUT2D eigenvalue weighted by Crippen LogP contribution is 2.45. The Morgan fingerprint density at radius 2 is 1.92 bits per heavy atom. The lowest BCUT2D eigenvalue weighted by Crippen LogP contribution is -2.56. The summed E-state index contributed by atoms with van der Waals surface area (Å²) in [6, 6.07) is 0. The largest absolute Gasteiger partial charge is 0.381 e. The Morgan fingerprint density at radius 1 is 1.12 bits per heavy atom. The summed E-state index contributed by atoms with van der Waals surface area (Å²) in [5.74, 6) is 1.74. The number of carbonyl (C=O) groups is 1. The Balaban J connectivity index is 0.00000113. The lowest BCUT2D eigenvalue weighted by Gasteiger charge is -2.43. The van der Waals surface area contributed by atoms with Crippen molar-refractivity contribution in [3.8, 4) is 0 Å². The third kappa shape index (κ3) is 4.27. The standard InChI is InChI=1S/C18H31N3O2.2ClH/c22-17(18-5-2-1-3-16(18)11-19-14-18)21-8-6-20(7-9-21)12-15-4-10-23-13-15;;/h15-16,19H,1-14H2;2*1H/t15?,16-,18+;;/m0../s1. The van der Waals surface area contributed by atoms with Gasteiger partial charge in [0.25, 0.3) is 0 Å². The van der Waals surface area contributed by atoms with Crippen molar-refractivity contribution < 1.29 is 9.53 Å². The van der Waals surface area contributed by atoms with E-state index in [0.717, 1.165) is 65.4 Å². The van der Waals surface area contributed by atoms with Gasteiger partial charge in [0.05, 0.1) is 12.0 Å². The molecule has 1 saturated carbocycles. The van der Waals surface area contributed by atoms with Crippen LogP contribution in [0.1, 0.15) is 32.1 Å². The molecule has 0 aromatic carbocycles. The number of halogens is 2. The molecular weight excluding hydrogens is 361 g/mol. The first kappa shape index (κ1) is 21.2. The number of nitrogens with zero attached hydrogens (tertiary/aromatic N) is 2. The number of hydrogen-bond acceptors (Lipinski definition) is 4. The summed E-state index contributed by atoms with van der Waals surface area (Å²) in [7, 11) is 0. The highest BCUT2D eigenvalue weighted by molar-refractivity contribution is 5.85. The minimum absolute atomic E-state index is 0. The van der Waals surface area contributed by atoms with Gasteiger partial charge in [-0.25, -0.2) is 0 Å². The van der Waals surface area contributed by atoms with E-state index in [1.54, 1.807) is 0 Å². The molecule has 3 aliphatic heterocycles. The van der Waals surface area contributed by atoms with Gasteiger partial charge in [-0.1, -0.05) is 12.8 Å². The van der Waals surface area contributed by atoms with Crippen LogP contribution in [0, 0.1) is 17.3 Å². The number of fused-ring (bicyclic) bond motifs is 1. The van der Waals surface area contributed by atoms with Crippen molar-refractivity contribution in [1.29, 1.82) is 0 Å². The predicted molar refractivity (Wildman–Crippen MR) is 104 cm³/mol. The summed E-state index contributed by atoms with van der Waals surface area (Å²) in [5, 5.41) is 3.51. The number of piperazine rings is 1. The molecule has 3 saturated heterocycles. The molecule has 4 aliphatic rings. The second kappa shape index (κ2) is 9.23. The normalized spacial score (nSPS) is 35.6. The van der Waals surface area contributed by atoms with E-state index in [4.69, 9.17) is 4.74 Å². The van der Waals surface area contributed by atoms with E-state index in [-0.39, 0.29) is 30.2 Å². The maximum Gasteiger partial charge on any atom is 0.230 e. The molecule has 0 spiro atoms. The molecule has 0 radical (unpaired) electrons. The van der Waals surface area contributed by atoms with E-state index in [9.17, 15) is 4.79 Å². The molecule has 3 atom stereocenters. The number of amides is 1. The summed E-state index contributed by atoms with van der Waals surface area (Å²) in [6.07, 6.45) is 6.07. The molecule has 0 aromatic rings. The SMILES string of the molecule is Cl.Cl.O=C(N1CCN(CC2CCOC2)CC1)[C@@]12CCCC[C@H]1CNC2. The molecule has 1 N–H and O–H groups in total. The van der Waals surface area contributed by atoms with Crippen LogP contribution in [0.25, 0.3) is 0 Å². The lowest BCUT2D eigenvalue weighted by molar-refractivity contribution is -0.147. The van der Waals surface area contributed by atoms with Gasteiger partial charge in [-0.3, -0.25) is 9.69 Å². The van der Waals surface area contributed by atoms with Crippen LogP contribution in [0.4, 0.5) is 0 Å². The van der Waals surface area contributed by atoms with Crippen LogP contribution in [0.3, 0.4) is 0 Å². The van der Waals surface area contributed by atoms with Gasteiger partial charge in [0.1, 0.15) is 0 Å². The predicted octanol–water partition coefficient (Wildman–Crippen LogP) is 1.79. The van der Waals surface area contributed by atoms with Gasteiger partial charge < -0.3 is 15.0 Å². The Labute approximate surface area is 164 Å². The zero-order chi connectivity index (χ0) is 15.7. The maximum absolute atomic E-state index is 13.3. The van der Waals surface area contributed by atoms with Crippen LogP contribution < -0.4 is 5.32 Å². The number of ether oxygens (including phenoxy) is 1. The number of rotatable bonds is 3. The number of nitrogens with one attached hydrogen (secondary N) is 1. The van der Waals surface area contributed by atoms with Crippen molar-refractivity contribution in [3.63, 3.8) is 0 Å². The van der Waals surface area contributed by atoms with Gasteiger partial charge in [-0.05, 0) is 37.6 Å². The zero-order valence-electron chi connectivity index (χ0n) is 15.1. The molecule has 1 aliphatic carbocycles. The molecule has 7 heteroatoms. The minimum atomic E-state index is -0.0697. The number of hydrogen-bond donors (Lipinski definition) is 1. The fourth-order valence-electron chi connectivity index (χ4n) is 5.21. The van der Waals surface area contributed by atoms with Crippen LogP contribution in [0.2, 0.25) is 0 Å². The molecule has 146 valence electrons. The van der Waals surface area contributed by atoms with Gasteiger partial charge in [-0.2, -0.15) is 0 Å². The van der Waals surface area contributed by atoms with Crippen molar-refractivity contribution in [2.45, 2.75) is 32.1 Å². The molecule has 3 heterocycles. The van der Waals surface area contributed by atoms with Gasteiger partial charge in [0, 0.05) is 45.9 Å². The van der Waals surface area contributed by atoms with E-state index < -0.39 is 0 Å². The van der Waals surface area contributed by atoms with Gasteiger partial charge in [-0.15, -0.1) is 24.8 Å². The Morgan fingerprint density at radius 3 is 2.64 bits per heavy atom. The molecule has 0 bridgehead atoms. The van der Waals surface area contributed by atoms with E-state index in [0.29, 0.717) is 17.7 Å². The third-order valence-corrected chi connectivity index (χ3v) is 6.66. The molecule has 4 rings (SSSR count). The Kier molecular flexibility index (Phi) is 7.84. The van der Waals surface area contributed by atoms with Crippen LogP contribution in [-0.2, 0) is 9.53 Å². The van der Waals surface area contributed by atoms with Crippen LogP contribution in [0.15, 0.2) is 0 Å². The lowest BCUT2D eigenvalue weighted by atomic mass is 9.67. The monoisotopic (exact) mass is 393 g/mol. The summed E-state index contributed by atoms with van der Waals surface area (Å²) < 4.78 is 5.49. The van der Waals surface area contributed by atoms with Crippen molar-refractivity contribution in [3.05, 3.63) is 0 Å². The second-order valence-electron chi connectivity index (χ2n) is 8.05. The van der Waals surface area contributed by atoms with Gasteiger partial charge >= 0.3 is 0 Å². The van der Waals surface area contributed by atoms with Crippen molar-refractivity contribution >= 4 is 30.7 Å². The van der Waals surface area contributed by atoms with Crippen LogP contribution >= 0.6 is 24.8 Å². The van der Waals surface area contributed by atoms with Crippen molar-refractivity contribution in [2.24, 2.45) is 17.3 Å². The average molecular weight is 394 g/mol. The average Bonchev–Trinajstić information content (AvgIpc) is 3.24.